The summed E-state index contributed by atoms with van der Waals surface area (Å²) < 4.78 is 30.1. The second-order valence-electron chi connectivity index (χ2n) is 6.64. The minimum Gasteiger partial charge on any atom is -0.493 e. The topological polar surface area (TPSA) is 39.7 Å². The maximum Gasteiger partial charge on any atom is 0.160 e. The number of rotatable bonds is 10. The fourth-order valence-electron chi connectivity index (χ4n) is 3.02. The van der Waals surface area contributed by atoms with Gasteiger partial charge in [0, 0.05) is 12.1 Å². The van der Waals surface area contributed by atoms with Gasteiger partial charge in [-0.25, -0.2) is 4.39 Å². The molecule has 4 nitrogen and oxygen atoms in total. The zero-order valence-electron chi connectivity index (χ0n) is 16.8. The number of methoxy groups -OCH3 is 2. The Morgan fingerprint density at radius 2 is 1.66 bits per heavy atom. The lowest BCUT2D eigenvalue weighted by molar-refractivity contribution is 0.299. The van der Waals surface area contributed by atoms with Crippen LogP contribution in [0.15, 0.2) is 66.7 Å². The van der Waals surface area contributed by atoms with Crippen LogP contribution < -0.4 is 19.5 Å². The van der Waals surface area contributed by atoms with Crippen molar-refractivity contribution in [3.05, 3.63) is 89.2 Å². The van der Waals surface area contributed by atoms with Gasteiger partial charge in [-0.2, -0.15) is 0 Å². The molecule has 5 heteroatoms. The first-order chi connectivity index (χ1) is 14.2. The predicted molar refractivity (Wildman–Crippen MR) is 112 cm³/mol. The first-order valence-electron chi connectivity index (χ1n) is 9.56. The van der Waals surface area contributed by atoms with E-state index in [0.29, 0.717) is 5.56 Å². The lowest BCUT2D eigenvalue weighted by Crippen LogP contribution is -2.16. The highest BCUT2D eigenvalue weighted by Gasteiger charge is 2.05. The molecular weight excluding hydrogens is 369 g/mol. The highest BCUT2D eigenvalue weighted by atomic mass is 19.1. The molecule has 0 unspecified atom stereocenters. The summed E-state index contributed by atoms with van der Waals surface area (Å²) in [5.41, 5.74) is 2.84. The van der Waals surface area contributed by atoms with Crippen molar-refractivity contribution in [3.63, 3.8) is 0 Å². The molecule has 0 atom stereocenters. The van der Waals surface area contributed by atoms with Crippen molar-refractivity contribution in [2.75, 3.05) is 20.8 Å². The van der Waals surface area contributed by atoms with Crippen LogP contribution in [0.25, 0.3) is 0 Å². The SMILES string of the molecule is COc1ccc(CCNCc2cccc(OCc3ccccc3F)c2)cc1OC. The molecule has 0 radical (unpaired) electrons. The lowest BCUT2D eigenvalue weighted by Gasteiger charge is -2.11. The molecule has 29 heavy (non-hydrogen) atoms. The average Bonchev–Trinajstić information content (AvgIpc) is 2.76. The van der Waals surface area contributed by atoms with Crippen molar-refractivity contribution >= 4 is 0 Å². The van der Waals surface area contributed by atoms with Crippen LogP contribution in [0.2, 0.25) is 0 Å². The number of benzene rings is 3. The molecule has 0 saturated heterocycles. The smallest absolute Gasteiger partial charge is 0.160 e. The van der Waals surface area contributed by atoms with Crippen LogP contribution in [0.4, 0.5) is 4.39 Å². The molecule has 0 saturated carbocycles. The molecule has 3 aromatic carbocycles. The molecule has 152 valence electrons. The number of hydrogen-bond donors (Lipinski definition) is 1. The molecule has 1 N–H and O–H groups in total. The van der Waals surface area contributed by atoms with E-state index in [2.05, 4.69) is 5.32 Å². The maximum atomic E-state index is 13.7. The fraction of sp³-hybridized carbons (Fsp3) is 0.250. The van der Waals surface area contributed by atoms with E-state index in [0.717, 1.165) is 42.3 Å². The standard InChI is InChI=1S/C24H26FNO3/c1-27-23-11-10-18(15-24(23)28-2)12-13-26-16-19-6-5-8-21(14-19)29-17-20-7-3-4-9-22(20)25/h3-11,14-15,26H,12-13,16-17H2,1-2H3. The second kappa shape index (κ2) is 10.5. The van der Waals surface area contributed by atoms with E-state index in [1.54, 1.807) is 32.4 Å². The molecule has 3 aromatic rings. The maximum absolute atomic E-state index is 13.7. The summed E-state index contributed by atoms with van der Waals surface area (Å²) in [6.07, 6.45) is 0.879. The minimum absolute atomic E-state index is 0.211. The van der Waals surface area contributed by atoms with Gasteiger partial charge < -0.3 is 19.5 Å². The van der Waals surface area contributed by atoms with Crippen LogP contribution in [0.3, 0.4) is 0 Å². The molecule has 0 heterocycles. The van der Waals surface area contributed by atoms with Gasteiger partial charge in [0.25, 0.3) is 0 Å². The second-order valence-corrected chi connectivity index (χ2v) is 6.64. The van der Waals surface area contributed by atoms with E-state index in [4.69, 9.17) is 14.2 Å². The van der Waals surface area contributed by atoms with Crippen LogP contribution in [-0.4, -0.2) is 20.8 Å². The number of hydrogen-bond acceptors (Lipinski definition) is 4. The molecule has 3 rings (SSSR count). The molecule has 0 aromatic heterocycles. The number of nitrogens with one attached hydrogen (secondary N) is 1. The molecule has 0 bridgehead atoms. The van der Waals surface area contributed by atoms with Crippen LogP contribution in [0.1, 0.15) is 16.7 Å². The molecular formula is C24H26FNO3. The monoisotopic (exact) mass is 395 g/mol. The van der Waals surface area contributed by atoms with E-state index in [9.17, 15) is 4.39 Å². The van der Waals surface area contributed by atoms with Crippen LogP contribution in [0.5, 0.6) is 17.2 Å². The summed E-state index contributed by atoms with van der Waals surface area (Å²) in [7, 11) is 3.27. The summed E-state index contributed by atoms with van der Waals surface area (Å²) in [5.74, 6) is 1.95. The molecule has 0 fully saturated rings. The van der Waals surface area contributed by atoms with Gasteiger partial charge in [-0.05, 0) is 54.4 Å². The lowest BCUT2D eigenvalue weighted by atomic mass is 10.1. The fourth-order valence-corrected chi connectivity index (χ4v) is 3.02. The van der Waals surface area contributed by atoms with E-state index in [1.807, 2.05) is 42.5 Å². The van der Waals surface area contributed by atoms with Crippen LogP contribution in [0, 0.1) is 5.82 Å². The van der Waals surface area contributed by atoms with Gasteiger partial charge in [-0.1, -0.05) is 36.4 Å². The van der Waals surface area contributed by atoms with Crippen molar-refractivity contribution in [2.45, 2.75) is 19.6 Å². The van der Waals surface area contributed by atoms with E-state index < -0.39 is 0 Å². The Kier molecular flexibility index (Phi) is 7.47. The minimum atomic E-state index is -0.250. The van der Waals surface area contributed by atoms with Crippen molar-refractivity contribution in [3.8, 4) is 17.2 Å². The van der Waals surface area contributed by atoms with Gasteiger partial charge in [0.05, 0.1) is 14.2 Å². The number of halogens is 1. The largest absolute Gasteiger partial charge is 0.493 e. The predicted octanol–water partition coefficient (Wildman–Crippen LogP) is 4.75. The summed E-state index contributed by atoms with van der Waals surface area (Å²) in [4.78, 5) is 0. The van der Waals surface area contributed by atoms with Gasteiger partial charge >= 0.3 is 0 Å². The summed E-state index contributed by atoms with van der Waals surface area (Å²) >= 11 is 0. The van der Waals surface area contributed by atoms with Crippen molar-refractivity contribution in [1.82, 2.24) is 5.32 Å². The van der Waals surface area contributed by atoms with Crippen molar-refractivity contribution in [2.24, 2.45) is 0 Å². The third-order valence-electron chi connectivity index (χ3n) is 4.62. The summed E-state index contributed by atoms with van der Waals surface area (Å²) in [6.45, 7) is 1.77. The first kappa shape index (κ1) is 20.7. The van der Waals surface area contributed by atoms with Gasteiger partial charge in [0.1, 0.15) is 18.2 Å². The average molecular weight is 395 g/mol. The highest BCUT2D eigenvalue weighted by molar-refractivity contribution is 5.43. The van der Waals surface area contributed by atoms with Crippen molar-refractivity contribution < 1.29 is 18.6 Å². The van der Waals surface area contributed by atoms with Crippen LogP contribution in [-0.2, 0) is 19.6 Å². The normalized spacial score (nSPS) is 10.6. The highest BCUT2D eigenvalue weighted by Crippen LogP contribution is 2.27. The third-order valence-corrected chi connectivity index (χ3v) is 4.62. The quantitative estimate of drug-likeness (QED) is 0.503. The van der Waals surface area contributed by atoms with Gasteiger partial charge in [-0.3, -0.25) is 0 Å². The Balaban J connectivity index is 1.47. The van der Waals surface area contributed by atoms with Gasteiger partial charge in [-0.15, -0.1) is 0 Å². The molecule has 0 spiro atoms. The third kappa shape index (κ3) is 5.96. The Morgan fingerprint density at radius 3 is 2.45 bits per heavy atom. The summed E-state index contributed by atoms with van der Waals surface area (Å²) in [5, 5.41) is 3.44. The Bertz CT molecular complexity index is 930. The summed E-state index contributed by atoms with van der Waals surface area (Å²) in [6, 6.07) is 20.5. The van der Waals surface area contributed by atoms with E-state index in [-0.39, 0.29) is 12.4 Å². The Labute approximate surface area is 171 Å². The molecule has 0 aliphatic heterocycles. The Hall–Kier alpha value is -3.05. The van der Waals surface area contributed by atoms with E-state index in [1.165, 1.54) is 11.6 Å². The zero-order chi connectivity index (χ0) is 20.5. The van der Waals surface area contributed by atoms with E-state index >= 15 is 0 Å². The van der Waals surface area contributed by atoms with Gasteiger partial charge in [0.15, 0.2) is 11.5 Å². The first-order valence-corrected chi connectivity index (χ1v) is 9.56. The molecule has 0 aliphatic carbocycles. The Morgan fingerprint density at radius 1 is 0.828 bits per heavy atom. The van der Waals surface area contributed by atoms with Gasteiger partial charge in [0.2, 0.25) is 0 Å². The molecule has 0 amide bonds. The zero-order valence-corrected chi connectivity index (χ0v) is 16.8. The molecule has 0 aliphatic rings. The van der Waals surface area contributed by atoms with Crippen LogP contribution >= 0.6 is 0 Å². The van der Waals surface area contributed by atoms with Crippen molar-refractivity contribution in [1.29, 1.82) is 0 Å². The number of ether oxygens (including phenoxy) is 3.